The number of rotatable bonds is 6. The largest absolute Gasteiger partial charge is 0.491 e. The van der Waals surface area contributed by atoms with E-state index >= 15 is 0 Å². The molecule has 2 rings (SSSR count). The molecule has 1 atom stereocenters. The van der Waals surface area contributed by atoms with Gasteiger partial charge in [0.2, 0.25) is 0 Å². The van der Waals surface area contributed by atoms with Crippen molar-refractivity contribution in [3.05, 3.63) is 29.8 Å². The monoisotopic (exact) mass is 278 g/mol. The fourth-order valence-corrected chi connectivity index (χ4v) is 2.45. The van der Waals surface area contributed by atoms with Crippen LogP contribution in [0.3, 0.4) is 0 Å². The minimum atomic E-state index is -0.432. The van der Waals surface area contributed by atoms with Crippen molar-refractivity contribution in [2.24, 2.45) is 0 Å². The van der Waals surface area contributed by atoms with E-state index in [1.54, 1.807) is 0 Å². The fraction of sp³-hybridized carbons (Fsp3) is 0.625. The molecule has 0 radical (unpaired) electrons. The molecule has 4 nitrogen and oxygen atoms in total. The quantitative estimate of drug-likeness (QED) is 0.823. The van der Waals surface area contributed by atoms with Crippen LogP contribution in [0.15, 0.2) is 24.3 Å². The Morgan fingerprint density at radius 1 is 1.25 bits per heavy atom. The zero-order valence-corrected chi connectivity index (χ0v) is 12.3. The first kappa shape index (κ1) is 15.3. The summed E-state index contributed by atoms with van der Waals surface area (Å²) in [6.45, 7) is 7.32. The highest BCUT2D eigenvalue weighted by Gasteiger charge is 2.13. The van der Waals surface area contributed by atoms with Gasteiger partial charge in [0.25, 0.3) is 0 Å². The maximum absolute atomic E-state index is 10.1. The molecule has 112 valence electrons. The van der Waals surface area contributed by atoms with Crippen molar-refractivity contribution < 1.29 is 9.84 Å². The smallest absolute Gasteiger partial charge is 0.119 e. The number of hydrogen-bond acceptors (Lipinski definition) is 4. The number of β-amino-alcohol motifs (C(OH)–C–C–N with tert-alkyl or cyclic N) is 1. The molecule has 0 aromatic heterocycles. The Balaban J connectivity index is 1.71. The van der Waals surface area contributed by atoms with Crippen molar-refractivity contribution in [1.29, 1.82) is 0 Å². The Morgan fingerprint density at radius 2 is 2.05 bits per heavy atom. The second kappa shape index (κ2) is 8.25. The summed E-state index contributed by atoms with van der Waals surface area (Å²) in [6, 6.07) is 8.09. The van der Waals surface area contributed by atoms with Crippen LogP contribution in [0.1, 0.15) is 18.9 Å². The van der Waals surface area contributed by atoms with Gasteiger partial charge in [-0.05, 0) is 43.6 Å². The highest BCUT2D eigenvalue weighted by atomic mass is 16.5. The molecule has 1 aliphatic heterocycles. The van der Waals surface area contributed by atoms with Gasteiger partial charge in [0.05, 0.1) is 0 Å². The molecule has 1 aliphatic rings. The van der Waals surface area contributed by atoms with Crippen LogP contribution >= 0.6 is 0 Å². The lowest BCUT2D eigenvalue weighted by Crippen LogP contribution is -2.37. The van der Waals surface area contributed by atoms with E-state index in [0.29, 0.717) is 13.2 Å². The Bertz CT molecular complexity index is 373. The molecule has 1 fully saturated rings. The van der Waals surface area contributed by atoms with E-state index in [2.05, 4.69) is 29.3 Å². The molecule has 20 heavy (non-hydrogen) atoms. The Hall–Kier alpha value is -1.10. The van der Waals surface area contributed by atoms with Gasteiger partial charge in [0.1, 0.15) is 18.5 Å². The Morgan fingerprint density at radius 3 is 2.80 bits per heavy atom. The first-order valence-electron chi connectivity index (χ1n) is 7.61. The SMILES string of the molecule is CCc1ccc(OC[C@@H](O)CN2CCCNCC2)cc1. The van der Waals surface area contributed by atoms with Gasteiger partial charge >= 0.3 is 0 Å². The summed E-state index contributed by atoms with van der Waals surface area (Å²) >= 11 is 0. The van der Waals surface area contributed by atoms with Gasteiger partial charge in [-0.25, -0.2) is 0 Å². The van der Waals surface area contributed by atoms with E-state index in [-0.39, 0.29) is 0 Å². The average molecular weight is 278 g/mol. The predicted molar refractivity (Wildman–Crippen MR) is 81.2 cm³/mol. The molecular weight excluding hydrogens is 252 g/mol. The summed E-state index contributed by atoms with van der Waals surface area (Å²) < 4.78 is 5.65. The van der Waals surface area contributed by atoms with Crippen LogP contribution < -0.4 is 10.1 Å². The van der Waals surface area contributed by atoms with Gasteiger partial charge in [0, 0.05) is 19.6 Å². The molecular formula is C16H26N2O2. The van der Waals surface area contributed by atoms with Gasteiger partial charge < -0.3 is 15.2 Å². The minimum Gasteiger partial charge on any atom is -0.491 e. The van der Waals surface area contributed by atoms with Crippen molar-refractivity contribution >= 4 is 0 Å². The zero-order chi connectivity index (χ0) is 14.2. The maximum atomic E-state index is 10.1. The first-order chi connectivity index (χ1) is 9.78. The number of ether oxygens (including phenoxy) is 1. The summed E-state index contributed by atoms with van der Waals surface area (Å²) in [7, 11) is 0. The molecule has 1 aromatic carbocycles. The summed E-state index contributed by atoms with van der Waals surface area (Å²) in [5, 5.41) is 13.4. The number of nitrogens with one attached hydrogen (secondary N) is 1. The molecule has 0 bridgehead atoms. The third-order valence-corrected chi connectivity index (χ3v) is 3.68. The third kappa shape index (κ3) is 5.12. The van der Waals surface area contributed by atoms with Gasteiger partial charge in [-0.15, -0.1) is 0 Å². The Kier molecular flexibility index (Phi) is 6.30. The van der Waals surface area contributed by atoms with Gasteiger partial charge in [-0.2, -0.15) is 0 Å². The molecule has 0 spiro atoms. The van der Waals surface area contributed by atoms with Gasteiger partial charge in [-0.1, -0.05) is 19.1 Å². The van der Waals surface area contributed by atoms with E-state index in [1.165, 1.54) is 5.56 Å². The van der Waals surface area contributed by atoms with E-state index < -0.39 is 6.10 Å². The van der Waals surface area contributed by atoms with E-state index in [9.17, 15) is 5.11 Å². The number of hydrogen-bond donors (Lipinski definition) is 2. The molecule has 1 aromatic rings. The van der Waals surface area contributed by atoms with Crippen LogP contribution in [0.4, 0.5) is 0 Å². The summed E-state index contributed by atoms with van der Waals surface area (Å²) in [5.74, 6) is 0.832. The molecule has 1 heterocycles. The lowest BCUT2D eigenvalue weighted by Gasteiger charge is -2.23. The topological polar surface area (TPSA) is 44.7 Å². The molecule has 1 saturated heterocycles. The second-order valence-electron chi connectivity index (χ2n) is 5.37. The molecule has 4 heteroatoms. The normalized spacial score (nSPS) is 18.5. The Labute approximate surface area is 121 Å². The van der Waals surface area contributed by atoms with Crippen LogP contribution in [0.2, 0.25) is 0 Å². The standard InChI is InChI=1S/C16H26N2O2/c1-2-14-4-6-16(7-5-14)20-13-15(19)12-18-10-3-8-17-9-11-18/h4-7,15,17,19H,2-3,8-13H2,1H3/t15-/m0/s1. The highest BCUT2D eigenvalue weighted by Crippen LogP contribution is 2.13. The zero-order valence-electron chi connectivity index (χ0n) is 12.3. The minimum absolute atomic E-state index is 0.357. The molecule has 0 unspecified atom stereocenters. The van der Waals surface area contributed by atoms with Crippen LogP contribution in [0.5, 0.6) is 5.75 Å². The molecule has 2 N–H and O–H groups in total. The predicted octanol–water partition coefficient (Wildman–Crippen LogP) is 1.28. The van der Waals surface area contributed by atoms with E-state index in [1.807, 2.05) is 12.1 Å². The fourth-order valence-electron chi connectivity index (χ4n) is 2.45. The van der Waals surface area contributed by atoms with Crippen molar-refractivity contribution in [2.45, 2.75) is 25.9 Å². The highest BCUT2D eigenvalue weighted by molar-refractivity contribution is 5.27. The van der Waals surface area contributed by atoms with E-state index in [0.717, 1.165) is 44.8 Å². The second-order valence-corrected chi connectivity index (χ2v) is 5.37. The van der Waals surface area contributed by atoms with Crippen molar-refractivity contribution in [3.8, 4) is 5.75 Å². The number of benzene rings is 1. The van der Waals surface area contributed by atoms with Gasteiger partial charge in [-0.3, -0.25) is 4.90 Å². The van der Waals surface area contributed by atoms with E-state index in [4.69, 9.17) is 4.74 Å². The lowest BCUT2D eigenvalue weighted by atomic mass is 10.2. The van der Waals surface area contributed by atoms with Crippen LogP contribution in [0.25, 0.3) is 0 Å². The van der Waals surface area contributed by atoms with Crippen LogP contribution in [0, 0.1) is 0 Å². The van der Waals surface area contributed by atoms with Crippen LogP contribution in [-0.4, -0.2) is 55.4 Å². The van der Waals surface area contributed by atoms with Gasteiger partial charge in [0.15, 0.2) is 0 Å². The number of aryl methyl sites for hydroxylation is 1. The lowest BCUT2D eigenvalue weighted by molar-refractivity contribution is 0.0703. The maximum Gasteiger partial charge on any atom is 0.119 e. The summed E-state index contributed by atoms with van der Waals surface area (Å²) in [5.41, 5.74) is 1.30. The van der Waals surface area contributed by atoms with Crippen molar-refractivity contribution in [2.75, 3.05) is 39.3 Å². The number of aliphatic hydroxyl groups is 1. The van der Waals surface area contributed by atoms with Crippen molar-refractivity contribution in [3.63, 3.8) is 0 Å². The summed E-state index contributed by atoms with van der Waals surface area (Å²) in [6.07, 6.45) is 1.75. The average Bonchev–Trinajstić information content (AvgIpc) is 2.74. The number of nitrogens with zero attached hydrogens (tertiary/aromatic N) is 1. The number of aliphatic hydroxyl groups excluding tert-OH is 1. The molecule has 0 saturated carbocycles. The van der Waals surface area contributed by atoms with Crippen molar-refractivity contribution in [1.82, 2.24) is 10.2 Å². The van der Waals surface area contributed by atoms with Crippen LogP contribution in [-0.2, 0) is 6.42 Å². The molecule has 0 aliphatic carbocycles. The molecule has 0 amide bonds. The first-order valence-corrected chi connectivity index (χ1v) is 7.61. The summed E-state index contributed by atoms with van der Waals surface area (Å²) in [4.78, 5) is 2.30. The third-order valence-electron chi connectivity index (χ3n) is 3.68.